The zero-order valence-electron chi connectivity index (χ0n) is 13.4. The number of rotatable bonds is 9. The molecular weight excluding hydrogens is 266 g/mol. The molecule has 0 aromatic carbocycles. The summed E-state index contributed by atoms with van der Waals surface area (Å²) in [6.07, 6.45) is 4.36. The van der Waals surface area contributed by atoms with E-state index in [1.807, 2.05) is 13.8 Å². The molecule has 1 amide bonds. The molecule has 21 heavy (non-hydrogen) atoms. The van der Waals surface area contributed by atoms with Crippen molar-refractivity contribution in [1.29, 1.82) is 0 Å². The minimum atomic E-state index is -0.436. The summed E-state index contributed by atoms with van der Waals surface area (Å²) in [7, 11) is 0. The number of aromatic nitrogens is 2. The SMILES string of the molecule is CCCNc1ncnc(NC(C(N)=O)C(C)C)c1CCC. The Balaban J connectivity index is 3.06. The van der Waals surface area contributed by atoms with Crippen LogP contribution in [0.4, 0.5) is 11.6 Å². The minimum Gasteiger partial charge on any atom is -0.370 e. The Morgan fingerprint density at radius 3 is 2.43 bits per heavy atom. The van der Waals surface area contributed by atoms with Gasteiger partial charge in [-0.15, -0.1) is 0 Å². The Morgan fingerprint density at radius 1 is 1.24 bits per heavy atom. The zero-order valence-corrected chi connectivity index (χ0v) is 13.4. The number of nitrogens with zero attached hydrogens (tertiary/aromatic N) is 2. The molecule has 118 valence electrons. The number of nitrogens with two attached hydrogens (primary N) is 1. The maximum atomic E-state index is 11.6. The van der Waals surface area contributed by atoms with Crippen molar-refractivity contribution in [3.8, 4) is 0 Å². The molecule has 4 N–H and O–H groups in total. The number of hydrogen-bond acceptors (Lipinski definition) is 5. The van der Waals surface area contributed by atoms with E-state index >= 15 is 0 Å². The van der Waals surface area contributed by atoms with Crippen molar-refractivity contribution in [3.63, 3.8) is 0 Å². The number of anilines is 2. The first kappa shape index (κ1) is 17.2. The van der Waals surface area contributed by atoms with Crippen LogP contribution in [0, 0.1) is 5.92 Å². The fourth-order valence-corrected chi connectivity index (χ4v) is 2.13. The average molecular weight is 293 g/mol. The molecule has 0 spiro atoms. The molecule has 0 aliphatic carbocycles. The fraction of sp³-hybridized carbons (Fsp3) is 0.667. The average Bonchev–Trinajstić information content (AvgIpc) is 2.43. The highest BCUT2D eigenvalue weighted by Gasteiger charge is 2.22. The van der Waals surface area contributed by atoms with Crippen LogP contribution in [0.3, 0.4) is 0 Å². The standard InChI is InChI=1S/C15H27N5O/c1-5-7-11-14(17-8-6-2)18-9-19-15(11)20-12(10(3)4)13(16)21/h9-10,12H,5-8H2,1-4H3,(H2,16,21)(H2,17,18,19,20). The van der Waals surface area contributed by atoms with Gasteiger partial charge in [0.2, 0.25) is 5.91 Å². The number of nitrogens with one attached hydrogen (secondary N) is 2. The fourth-order valence-electron chi connectivity index (χ4n) is 2.13. The second-order valence-corrected chi connectivity index (χ2v) is 5.49. The molecule has 0 aliphatic heterocycles. The summed E-state index contributed by atoms with van der Waals surface area (Å²) < 4.78 is 0. The Labute approximate surface area is 126 Å². The van der Waals surface area contributed by atoms with E-state index < -0.39 is 6.04 Å². The third-order valence-corrected chi connectivity index (χ3v) is 3.25. The first-order chi connectivity index (χ1) is 10.0. The molecule has 1 aromatic rings. The molecule has 1 unspecified atom stereocenters. The van der Waals surface area contributed by atoms with Gasteiger partial charge in [0.05, 0.1) is 0 Å². The number of amides is 1. The van der Waals surface area contributed by atoms with E-state index in [0.717, 1.165) is 37.2 Å². The molecule has 6 heteroatoms. The molecule has 0 aliphatic rings. The molecule has 1 atom stereocenters. The molecule has 0 radical (unpaired) electrons. The van der Waals surface area contributed by atoms with Crippen molar-refractivity contribution in [1.82, 2.24) is 9.97 Å². The van der Waals surface area contributed by atoms with Crippen LogP contribution < -0.4 is 16.4 Å². The molecular formula is C15H27N5O. The summed E-state index contributed by atoms with van der Waals surface area (Å²) in [6, 6.07) is -0.436. The van der Waals surface area contributed by atoms with Gasteiger partial charge in [-0.25, -0.2) is 9.97 Å². The first-order valence-corrected chi connectivity index (χ1v) is 7.64. The van der Waals surface area contributed by atoms with E-state index in [9.17, 15) is 4.79 Å². The molecule has 0 fully saturated rings. The highest BCUT2D eigenvalue weighted by molar-refractivity contribution is 5.83. The largest absolute Gasteiger partial charge is 0.370 e. The van der Waals surface area contributed by atoms with Gasteiger partial charge >= 0.3 is 0 Å². The van der Waals surface area contributed by atoms with E-state index in [1.54, 1.807) is 0 Å². The number of primary amides is 1. The number of carbonyl (C=O) groups is 1. The van der Waals surface area contributed by atoms with Crippen molar-refractivity contribution < 1.29 is 4.79 Å². The van der Waals surface area contributed by atoms with Gasteiger partial charge < -0.3 is 16.4 Å². The predicted octanol–water partition coefficient (Wildman–Crippen LogP) is 2.17. The maximum Gasteiger partial charge on any atom is 0.240 e. The van der Waals surface area contributed by atoms with Crippen LogP contribution in [0.1, 0.15) is 46.1 Å². The van der Waals surface area contributed by atoms with Crippen molar-refractivity contribution >= 4 is 17.5 Å². The van der Waals surface area contributed by atoms with Crippen molar-refractivity contribution in [2.75, 3.05) is 17.2 Å². The summed E-state index contributed by atoms with van der Waals surface area (Å²) in [5.41, 5.74) is 6.48. The highest BCUT2D eigenvalue weighted by atomic mass is 16.1. The van der Waals surface area contributed by atoms with Gasteiger partial charge in [-0.2, -0.15) is 0 Å². The lowest BCUT2D eigenvalue weighted by molar-refractivity contribution is -0.119. The third kappa shape index (κ3) is 4.88. The highest BCUT2D eigenvalue weighted by Crippen LogP contribution is 2.23. The van der Waals surface area contributed by atoms with Gasteiger partial charge in [-0.1, -0.05) is 34.1 Å². The van der Waals surface area contributed by atoms with Gasteiger partial charge in [-0.05, 0) is 18.8 Å². The Bertz CT molecular complexity index is 461. The van der Waals surface area contributed by atoms with Gasteiger partial charge in [-0.3, -0.25) is 4.79 Å². The van der Waals surface area contributed by atoms with Crippen molar-refractivity contribution in [3.05, 3.63) is 11.9 Å². The lowest BCUT2D eigenvalue weighted by atomic mass is 10.0. The molecule has 0 bridgehead atoms. The molecule has 6 nitrogen and oxygen atoms in total. The predicted molar refractivity (Wildman–Crippen MR) is 86.3 cm³/mol. The molecule has 0 saturated heterocycles. The maximum absolute atomic E-state index is 11.6. The van der Waals surface area contributed by atoms with Crippen molar-refractivity contribution in [2.45, 2.75) is 53.0 Å². The summed E-state index contributed by atoms with van der Waals surface area (Å²) >= 11 is 0. The second kappa shape index (κ2) is 8.44. The molecule has 1 heterocycles. The van der Waals surface area contributed by atoms with Crippen LogP contribution in [-0.4, -0.2) is 28.5 Å². The van der Waals surface area contributed by atoms with Crippen LogP contribution in [-0.2, 0) is 11.2 Å². The Hall–Kier alpha value is -1.85. The summed E-state index contributed by atoms with van der Waals surface area (Å²) in [5, 5.41) is 6.50. The van der Waals surface area contributed by atoms with Gasteiger partial charge in [0.1, 0.15) is 24.0 Å². The van der Waals surface area contributed by atoms with Crippen LogP contribution in [0.2, 0.25) is 0 Å². The zero-order chi connectivity index (χ0) is 15.8. The van der Waals surface area contributed by atoms with Crippen LogP contribution >= 0.6 is 0 Å². The van der Waals surface area contributed by atoms with Crippen LogP contribution in [0.25, 0.3) is 0 Å². The van der Waals surface area contributed by atoms with Gasteiger partial charge in [0.15, 0.2) is 0 Å². The second-order valence-electron chi connectivity index (χ2n) is 5.49. The van der Waals surface area contributed by atoms with E-state index in [1.165, 1.54) is 6.33 Å². The number of carbonyl (C=O) groups excluding carboxylic acids is 1. The number of hydrogen-bond donors (Lipinski definition) is 3. The van der Waals surface area contributed by atoms with Gasteiger partial charge in [0.25, 0.3) is 0 Å². The minimum absolute atomic E-state index is 0.0963. The Kier molecular flexibility index (Phi) is 6.91. The summed E-state index contributed by atoms with van der Waals surface area (Å²) in [6.45, 7) is 8.98. The van der Waals surface area contributed by atoms with Crippen LogP contribution in [0.5, 0.6) is 0 Å². The lowest BCUT2D eigenvalue weighted by Gasteiger charge is -2.22. The summed E-state index contributed by atoms with van der Waals surface area (Å²) in [5.74, 6) is 1.26. The van der Waals surface area contributed by atoms with Gasteiger partial charge in [0, 0.05) is 12.1 Å². The van der Waals surface area contributed by atoms with E-state index in [2.05, 4.69) is 34.4 Å². The summed E-state index contributed by atoms with van der Waals surface area (Å²) in [4.78, 5) is 20.2. The smallest absolute Gasteiger partial charge is 0.240 e. The van der Waals surface area contributed by atoms with E-state index in [4.69, 9.17) is 5.73 Å². The van der Waals surface area contributed by atoms with E-state index in [-0.39, 0.29) is 11.8 Å². The quantitative estimate of drug-likeness (QED) is 0.649. The molecule has 1 rings (SSSR count). The molecule has 1 aromatic heterocycles. The molecule has 0 saturated carbocycles. The first-order valence-electron chi connectivity index (χ1n) is 7.64. The van der Waals surface area contributed by atoms with Crippen LogP contribution in [0.15, 0.2) is 6.33 Å². The van der Waals surface area contributed by atoms with E-state index in [0.29, 0.717) is 5.82 Å². The van der Waals surface area contributed by atoms with Crippen molar-refractivity contribution in [2.24, 2.45) is 11.7 Å². The topological polar surface area (TPSA) is 92.9 Å². The normalized spacial score (nSPS) is 12.2. The lowest BCUT2D eigenvalue weighted by Crippen LogP contribution is -2.40. The third-order valence-electron chi connectivity index (χ3n) is 3.25. The Morgan fingerprint density at radius 2 is 1.90 bits per heavy atom. The monoisotopic (exact) mass is 293 g/mol.